The van der Waals surface area contributed by atoms with Gasteiger partial charge in [-0.15, -0.1) is 0 Å². The van der Waals surface area contributed by atoms with Gasteiger partial charge in [0.15, 0.2) is 0 Å². The van der Waals surface area contributed by atoms with Crippen molar-refractivity contribution in [3.63, 3.8) is 0 Å². The van der Waals surface area contributed by atoms with Gasteiger partial charge in [0.2, 0.25) is 0 Å². The molecule has 0 aromatic carbocycles. The zero-order chi connectivity index (χ0) is 12.2. The molecule has 1 aliphatic heterocycles. The Morgan fingerprint density at radius 3 is 2.62 bits per heavy atom. The van der Waals surface area contributed by atoms with E-state index in [0.717, 1.165) is 13.0 Å². The zero-order valence-corrected chi connectivity index (χ0v) is 11.9. The summed E-state index contributed by atoms with van der Waals surface area (Å²) in [6, 6.07) is 0.607. The van der Waals surface area contributed by atoms with Crippen molar-refractivity contribution in [3.05, 3.63) is 0 Å². The number of aliphatic hydroxyl groups excluding tert-OH is 1. The third-order valence-corrected chi connectivity index (χ3v) is 4.65. The van der Waals surface area contributed by atoms with Crippen LogP contribution in [0.4, 0.5) is 0 Å². The Bertz CT molecular complexity index is 203. The van der Waals surface area contributed by atoms with Crippen LogP contribution in [-0.2, 0) is 0 Å². The van der Waals surface area contributed by atoms with Crippen molar-refractivity contribution in [3.8, 4) is 0 Å². The lowest BCUT2D eigenvalue weighted by Crippen LogP contribution is -2.46. The fraction of sp³-hybridized carbons (Fsp3) is 1.00. The molecule has 16 heavy (non-hydrogen) atoms. The average Bonchev–Trinajstić information content (AvgIpc) is 2.13. The van der Waals surface area contributed by atoms with Crippen LogP contribution in [0.2, 0.25) is 0 Å². The van der Waals surface area contributed by atoms with E-state index in [0.29, 0.717) is 17.4 Å². The summed E-state index contributed by atoms with van der Waals surface area (Å²) in [5.74, 6) is 3.07. The van der Waals surface area contributed by atoms with E-state index in [9.17, 15) is 5.11 Å². The van der Waals surface area contributed by atoms with E-state index in [4.69, 9.17) is 0 Å². The van der Waals surface area contributed by atoms with Gasteiger partial charge in [0, 0.05) is 12.6 Å². The topological polar surface area (TPSA) is 32.3 Å². The van der Waals surface area contributed by atoms with Crippen molar-refractivity contribution in [2.75, 3.05) is 18.1 Å². The third kappa shape index (κ3) is 5.55. The summed E-state index contributed by atoms with van der Waals surface area (Å²) in [6.07, 6.45) is 2.06. The third-order valence-electron chi connectivity index (χ3n) is 3.05. The molecule has 2 N–H and O–H groups in total. The molecule has 0 radical (unpaired) electrons. The SMILES string of the molecule is CC1CC(O)CNC1CCSCC(C)(C)C. The molecule has 0 amide bonds. The van der Waals surface area contributed by atoms with Gasteiger partial charge >= 0.3 is 0 Å². The van der Waals surface area contributed by atoms with Gasteiger partial charge in [-0.25, -0.2) is 0 Å². The van der Waals surface area contributed by atoms with Crippen LogP contribution in [0.5, 0.6) is 0 Å². The number of thioether (sulfide) groups is 1. The first-order valence-corrected chi connectivity index (χ1v) is 7.53. The van der Waals surface area contributed by atoms with E-state index in [1.54, 1.807) is 0 Å². The van der Waals surface area contributed by atoms with Gasteiger partial charge in [0.1, 0.15) is 0 Å². The monoisotopic (exact) mass is 245 g/mol. The highest BCUT2D eigenvalue weighted by atomic mass is 32.2. The van der Waals surface area contributed by atoms with E-state index in [1.807, 2.05) is 0 Å². The maximum Gasteiger partial charge on any atom is 0.0667 e. The highest BCUT2D eigenvalue weighted by Gasteiger charge is 2.25. The van der Waals surface area contributed by atoms with Crippen LogP contribution < -0.4 is 5.32 Å². The number of hydrogen-bond donors (Lipinski definition) is 2. The predicted molar refractivity (Wildman–Crippen MR) is 73.0 cm³/mol. The van der Waals surface area contributed by atoms with E-state index < -0.39 is 0 Å². The molecule has 3 heteroatoms. The molecule has 1 fully saturated rings. The van der Waals surface area contributed by atoms with E-state index in [2.05, 4.69) is 44.8 Å². The average molecular weight is 245 g/mol. The highest BCUT2D eigenvalue weighted by molar-refractivity contribution is 7.99. The minimum absolute atomic E-state index is 0.131. The molecule has 3 atom stereocenters. The normalized spacial score (nSPS) is 31.7. The maximum atomic E-state index is 9.51. The molecule has 0 aromatic rings. The molecule has 1 heterocycles. The molecular weight excluding hydrogens is 218 g/mol. The molecule has 3 unspecified atom stereocenters. The van der Waals surface area contributed by atoms with Gasteiger partial charge in [-0.2, -0.15) is 11.8 Å². The lowest BCUT2D eigenvalue weighted by atomic mass is 9.90. The van der Waals surface area contributed by atoms with E-state index in [-0.39, 0.29) is 6.10 Å². The van der Waals surface area contributed by atoms with Crippen LogP contribution in [0.3, 0.4) is 0 Å². The number of aliphatic hydroxyl groups is 1. The Kier molecular flexibility index (Phi) is 5.62. The van der Waals surface area contributed by atoms with Crippen molar-refractivity contribution in [2.45, 2.75) is 52.7 Å². The predicted octanol–water partition coefficient (Wildman–Crippen LogP) is 2.51. The summed E-state index contributed by atoms with van der Waals surface area (Å²) in [5, 5.41) is 13.0. The summed E-state index contributed by atoms with van der Waals surface area (Å²) in [6.45, 7) is 9.89. The molecular formula is C13H27NOS. The molecule has 2 nitrogen and oxygen atoms in total. The Morgan fingerprint density at radius 1 is 1.38 bits per heavy atom. The van der Waals surface area contributed by atoms with Crippen molar-refractivity contribution in [1.29, 1.82) is 0 Å². The fourth-order valence-electron chi connectivity index (χ4n) is 2.14. The zero-order valence-electron chi connectivity index (χ0n) is 11.1. The molecule has 0 aromatic heterocycles. The van der Waals surface area contributed by atoms with Crippen LogP contribution >= 0.6 is 11.8 Å². The largest absolute Gasteiger partial charge is 0.392 e. The second kappa shape index (κ2) is 6.27. The minimum Gasteiger partial charge on any atom is -0.392 e. The second-order valence-corrected chi connectivity index (χ2v) is 7.39. The molecule has 0 spiro atoms. The Labute approximate surface area is 105 Å². The standard InChI is InChI=1S/C13H27NOS/c1-10-7-11(15)8-14-12(10)5-6-16-9-13(2,3)4/h10-12,14-15H,5-9H2,1-4H3. The first-order chi connectivity index (χ1) is 7.38. The summed E-state index contributed by atoms with van der Waals surface area (Å²) in [7, 11) is 0. The number of nitrogens with one attached hydrogen (secondary N) is 1. The fourth-order valence-corrected chi connectivity index (χ4v) is 3.32. The molecule has 1 aliphatic rings. The molecule has 1 saturated heterocycles. The number of hydrogen-bond acceptors (Lipinski definition) is 3. The van der Waals surface area contributed by atoms with E-state index in [1.165, 1.54) is 17.9 Å². The van der Waals surface area contributed by atoms with Gasteiger partial charge in [-0.05, 0) is 35.7 Å². The highest BCUT2D eigenvalue weighted by Crippen LogP contribution is 2.24. The van der Waals surface area contributed by atoms with Crippen molar-refractivity contribution in [2.24, 2.45) is 11.3 Å². The van der Waals surface area contributed by atoms with Gasteiger partial charge in [-0.3, -0.25) is 0 Å². The summed E-state index contributed by atoms with van der Waals surface area (Å²) < 4.78 is 0. The van der Waals surface area contributed by atoms with Crippen molar-refractivity contribution >= 4 is 11.8 Å². The molecule has 0 aliphatic carbocycles. The number of rotatable bonds is 4. The van der Waals surface area contributed by atoms with Crippen molar-refractivity contribution < 1.29 is 5.11 Å². The van der Waals surface area contributed by atoms with Crippen molar-refractivity contribution in [1.82, 2.24) is 5.32 Å². The number of β-amino-alcohol motifs (C(OH)–C–C–N with tert-alkyl or cyclic N) is 1. The molecule has 96 valence electrons. The minimum atomic E-state index is -0.131. The van der Waals surface area contributed by atoms with Crippen LogP contribution in [0.1, 0.15) is 40.5 Å². The van der Waals surface area contributed by atoms with Crippen LogP contribution in [0.25, 0.3) is 0 Å². The van der Waals surface area contributed by atoms with Gasteiger partial charge in [-0.1, -0.05) is 27.7 Å². The van der Waals surface area contributed by atoms with Crippen LogP contribution in [0, 0.1) is 11.3 Å². The molecule has 0 saturated carbocycles. The smallest absolute Gasteiger partial charge is 0.0667 e. The lowest BCUT2D eigenvalue weighted by Gasteiger charge is -2.33. The first-order valence-electron chi connectivity index (χ1n) is 6.38. The Morgan fingerprint density at radius 2 is 2.06 bits per heavy atom. The summed E-state index contributed by atoms with van der Waals surface area (Å²) in [5.41, 5.74) is 0.437. The van der Waals surface area contributed by atoms with Gasteiger partial charge in [0.05, 0.1) is 6.10 Å². The van der Waals surface area contributed by atoms with Gasteiger partial charge in [0.25, 0.3) is 0 Å². The number of piperidine rings is 1. The summed E-state index contributed by atoms with van der Waals surface area (Å²) >= 11 is 2.05. The molecule has 0 bridgehead atoms. The molecule has 1 rings (SSSR count). The van der Waals surface area contributed by atoms with Crippen LogP contribution in [-0.4, -0.2) is 35.3 Å². The summed E-state index contributed by atoms with van der Waals surface area (Å²) in [4.78, 5) is 0. The quantitative estimate of drug-likeness (QED) is 0.747. The Balaban J connectivity index is 2.13. The van der Waals surface area contributed by atoms with Crippen LogP contribution in [0.15, 0.2) is 0 Å². The maximum absolute atomic E-state index is 9.51. The second-order valence-electron chi connectivity index (χ2n) is 6.28. The first kappa shape index (κ1) is 14.3. The lowest BCUT2D eigenvalue weighted by molar-refractivity contribution is 0.0954. The van der Waals surface area contributed by atoms with Gasteiger partial charge < -0.3 is 10.4 Å². The van der Waals surface area contributed by atoms with E-state index >= 15 is 0 Å². The Hall–Kier alpha value is 0.270.